The van der Waals surface area contributed by atoms with Gasteiger partial charge >= 0.3 is 0 Å². The molecule has 0 atom stereocenters. The second-order valence-electron chi connectivity index (χ2n) is 15.3. The zero-order chi connectivity index (χ0) is 38.6. The first-order valence-electron chi connectivity index (χ1n) is 20.1. The van der Waals surface area contributed by atoms with Gasteiger partial charge in [0.2, 0.25) is 5.95 Å². The molecule has 13 aromatic rings. The molecule has 5 heteroatoms. The zero-order valence-electron chi connectivity index (χ0n) is 31.8. The molecule has 59 heavy (non-hydrogen) atoms. The second-order valence-corrected chi connectivity index (χ2v) is 15.3. The molecule has 0 N–H and O–H groups in total. The van der Waals surface area contributed by atoms with Crippen LogP contribution in [0.1, 0.15) is 0 Å². The highest BCUT2D eigenvalue weighted by atomic mass is 15.2. The maximum Gasteiger partial charge on any atom is 0.235 e. The van der Waals surface area contributed by atoms with Crippen molar-refractivity contribution in [1.82, 2.24) is 23.7 Å². The van der Waals surface area contributed by atoms with Crippen molar-refractivity contribution < 1.29 is 0 Å². The molecule has 0 aliphatic heterocycles. The van der Waals surface area contributed by atoms with Crippen LogP contribution >= 0.6 is 0 Å². The van der Waals surface area contributed by atoms with Crippen molar-refractivity contribution in [3.63, 3.8) is 0 Å². The minimum atomic E-state index is 0.649. The molecular weight excluding hydrogens is 719 g/mol. The maximum atomic E-state index is 5.39. The van der Waals surface area contributed by atoms with Crippen LogP contribution in [-0.2, 0) is 0 Å². The molecule has 4 heterocycles. The average molecular weight is 752 g/mol. The Balaban J connectivity index is 1.22. The first-order chi connectivity index (χ1) is 29.3. The Bertz CT molecular complexity index is 3820. The van der Waals surface area contributed by atoms with Crippen LogP contribution in [0.5, 0.6) is 0 Å². The Morgan fingerprint density at radius 1 is 0.305 bits per heavy atom. The first kappa shape index (κ1) is 32.1. The number of aromatic nitrogens is 5. The van der Waals surface area contributed by atoms with Gasteiger partial charge in [0.25, 0.3) is 0 Å². The second kappa shape index (κ2) is 12.2. The third-order valence-corrected chi connectivity index (χ3v) is 12.2. The van der Waals surface area contributed by atoms with Gasteiger partial charge in [-0.25, -0.2) is 9.97 Å². The fraction of sp³-hybridized carbons (Fsp3) is 0. The lowest BCUT2D eigenvalue weighted by molar-refractivity contribution is 1.01. The molecule has 0 saturated carbocycles. The van der Waals surface area contributed by atoms with Crippen LogP contribution in [0, 0.1) is 0 Å². The van der Waals surface area contributed by atoms with E-state index in [0.717, 1.165) is 50.0 Å². The summed E-state index contributed by atoms with van der Waals surface area (Å²) in [6, 6.07) is 71.7. The number of nitrogens with zero attached hydrogens (tertiary/aromatic N) is 5. The molecular formula is C54H33N5. The molecule has 4 aromatic heterocycles. The predicted molar refractivity (Wildman–Crippen MR) is 245 cm³/mol. The largest absolute Gasteiger partial charge is 0.309 e. The molecule has 0 spiro atoms. The van der Waals surface area contributed by atoms with Crippen molar-refractivity contribution in [2.24, 2.45) is 0 Å². The Morgan fingerprint density at radius 3 is 1.53 bits per heavy atom. The van der Waals surface area contributed by atoms with Gasteiger partial charge in [-0.2, -0.15) is 0 Å². The molecule has 274 valence electrons. The van der Waals surface area contributed by atoms with Gasteiger partial charge in [0, 0.05) is 60.0 Å². The smallest absolute Gasteiger partial charge is 0.235 e. The zero-order valence-corrected chi connectivity index (χ0v) is 31.8. The highest BCUT2D eigenvalue weighted by molar-refractivity contribution is 6.36. The maximum absolute atomic E-state index is 5.39. The molecule has 0 unspecified atom stereocenters. The summed E-state index contributed by atoms with van der Waals surface area (Å²) in [5, 5.41) is 10.8. The predicted octanol–water partition coefficient (Wildman–Crippen LogP) is 13.7. The minimum absolute atomic E-state index is 0.649. The Kier molecular flexibility index (Phi) is 6.66. The SMILES string of the molecule is c1ccc(-c2nc(-n3c4ccccc4c4c3ccc3c5c6c(ccc7c6c6ccccc6n7-c6ccccc6)ccc5n(-c5ccccc5)c34)nc3ccccc23)cc1. The van der Waals surface area contributed by atoms with Gasteiger partial charge in [0.05, 0.1) is 44.3 Å². The van der Waals surface area contributed by atoms with Crippen LogP contribution in [0.25, 0.3) is 116 Å². The number of para-hydroxylation sites is 5. The van der Waals surface area contributed by atoms with Crippen molar-refractivity contribution in [1.29, 1.82) is 0 Å². The molecule has 5 nitrogen and oxygen atoms in total. The van der Waals surface area contributed by atoms with Gasteiger partial charge < -0.3 is 9.13 Å². The summed E-state index contributed by atoms with van der Waals surface area (Å²) >= 11 is 0. The summed E-state index contributed by atoms with van der Waals surface area (Å²) in [6.07, 6.45) is 0. The minimum Gasteiger partial charge on any atom is -0.309 e. The number of hydrogen-bond acceptors (Lipinski definition) is 2. The first-order valence-corrected chi connectivity index (χ1v) is 20.1. The Labute approximate surface area is 338 Å². The monoisotopic (exact) mass is 751 g/mol. The fourth-order valence-corrected chi connectivity index (χ4v) is 9.82. The van der Waals surface area contributed by atoms with E-state index in [2.05, 4.69) is 208 Å². The van der Waals surface area contributed by atoms with E-state index in [1.807, 2.05) is 6.07 Å². The summed E-state index contributed by atoms with van der Waals surface area (Å²) in [7, 11) is 0. The van der Waals surface area contributed by atoms with Gasteiger partial charge in [0.15, 0.2) is 0 Å². The number of rotatable bonds is 4. The van der Waals surface area contributed by atoms with Crippen LogP contribution in [-0.4, -0.2) is 23.7 Å². The molecule has 13 rings (SSSR count). The van der Waals surface area contributed by atoms with Gasteiger partial charge in [0.1, 0.15) is 0 Å². The highest BCUT2D eigenvalue weighted by Gasteiger charge is 2.25. The molecule has 0 saturated heterocycles. The fourth-order valence-electron chi connectivity index (χ4n) is 9.82. The Hall–Kier alpha value is -8.02. The summed E-state index contributed by atoms with van der Waals surface area (Å²) in [5.41, 5.74) is 12.0. The summed E-state index contributed by atoms with van der Waals surface area (Å²) in [4.78, 5) is 10.7. The van der Waals surface area contributed by atoms with E-state index in [0.29, 0.717) is 5.95 Å². The van der Waals surface area contributed by atoms with Crippen molar-refractivity contribution in [3.05, 3.63) is 200 Å². The summed E-state index contributed by atoms with van der Waals surface area (Å²) in [5.74, 6) is 0.649. The van der Waals surface area contributed by atoms with Crippen LogP contribution < -0.4 is 0 Å². The van der Waals surface area contributed by atoms with Gasteiger partial charge in [-0.05, 0) is 66.0 Å². The standard InChI is InChI=1S/C54H33N5/c1-4-16-35(17-5-1)52-38-22-10-13-25-42(38)55-54(56-52)59-44-27-15-12-24-40(44)51-47(59)33-30-41-50-46(58(53(41)51)37-20-8-3-9-21-37)32-29-34-28-31-45-49(48(34)50)39-23-11-14-26-43(39)57(45)36-18-6-2-7-19-36/h1-33H. The van der Waals surface area contributed by atoms with Gasteiger partial charge in [-0.15, -0.1) is 0 Å². The number of hydrogen-bond donors (Lipinski definition) is 0. The van der Waals surface area contributed by atoms with E-state index >= 15 is 0 Å². The third-order valence-electron chi connectivity index (χ3n) is 12.2. The number of fused-ring (bicyclic) bond motifs is 14. The van der Waals surface area contributed by atoms with Crippen LogP contribution in [0.3, 0.4) is 0 Å². The molecule has 0 aliphatic carbocycles. The van der Waals surface area contributed by atoms with Gasteiger partial charge in [-0.1, -0.05) is 140 Å². The van der Waals surface area contributed by atoms with Crippen molar-refractivity contribution in [2.45, 2.75) is 0 Å². The van der Waals surface area contributed by atoms with E-state index < -0.39 is 0 Å². The Morgan fingerprint density at radius 2 is 0.814 bits per heavy atom. The average Bonchev–Trinajstić information content (AvgIpc) is 3.95. The van der Waals surface area contributed by atoms with Crippen molar-refractivity contribution in [2.75, 3.05) is 0 Å². The number of benzene rings is 9. The molecule has 0 bridgehead atoms. The van der Waals surface area contributed by atoms with E-state index in [-0.39, 0.29) is 0 Å². The van der Waals surface area contributed by atoms with Crippen LogP contribution in [0.15, 0.2) is 200 Å². The quantitative estimate of drug-likeness (QED) is 0.180. The van der Waals surface area contributed by atoms with E-state index in [4.69, 9.17) is 9.97 Å². The van der Waals surface area contributed by atoms with Crippen LogP contribution in [0.2, 0.25) is 0 Å². The molecule has 0 amide bonds. The lowest BCUT2D eigenvalue weighted by Crippen LogP contribution is -2.03. The third kappa shape index (κ3) is 4.50. The van der Waals surface area contributed by atoms with E-state index in [1.54, 1.807) is 0 Å². The molecule has 0 radical (unpaired) electrons. The van der Waals surface area contributed by atoms with E-state index in [9.17, 15) is 0 Å². The lowest BCUT2D eigenvalue weighted by atomic mass is 9.98. The normalized spacial score (nSPS) is 12.1. The lowest BCUT2D eigenvalue weighted by Gasteiger charge is -2.12. The highest BCUT2D eigenvalue weighted by Crippen LogP contribution is 2.47. The van der Waals surface area contributed by atoms with Crippen molar-refractivity contribution in [3.8, 4) is 28.6 Å². The molecule has 0 aliphatic rings. The molecule has 9 aromatic carbocycles. The summed E-state index contributed by atoms with van der Waals surface area (Å²) < 4.78 is 7.16. The van der Waals surface area contributed by atoms with E-state index in [1.165, 1.54) is 59.8 Å². The van der Waals surface area contributed by atoms with Crippen molar-refractivity contribution >= 4 is 87.1 Å². The molecule has 0 fully saturated rings. The topological polar surface area (TPSA) is 40.6 Å². The van der Waals surface area contributed by atoms with Gasteiger partial charge in [-0.3, -0.25) is 4.57 Å². The van der Waals surface area contributed by atoms with Crippen LogP contribution in [0.4, 0.5) is 0 Å². The summed E-state index contributed by atoms with van der Waals surface area (Å²) in [6.45, 7) is 0.